The number of fused-ring (bicyclic) bond motifs is 1. The first-order valence-electron chi connectivity index (χ1n) is 9.80. The number of thioether (sulfide) groups is 1. The number of benzene rings is 1. The molecule has 3 aromatic rings. The van der Waals surface area contributed by atoms with Crippen LogP contribution in [0.25, 0.3) is 15.1 Å². The van der Waals surface area contributed by atoms with Crippen molar-refractivity contribution in [3.63, 3.8) is 0 Å². The zero-order chi connectivity index (χ0) is 22.9. The van der Waals surface area contributed by atoms with Gasteiger partial charge >= 0.3 is 6.18 Å². The Labute approximate surface area is 191 Å². The highest BCUT2D eigenvalue weighted by Crippen LogP contribution is 2.44. The van der Waals surface area contributed by atoms with E-state index in [1.807, 2.05) is 11.0 Å². The smallest absolute Gasteiger partial charge is 0.378 e. The Morgan fingerprint density at radius 1 is 1.22 bits per heavy atom. The Morgan fingerprint density at radius 3 is 2.62 bits per heavy atom. The van der Waals surface area contributed by atoms with Gasteiger partial charge in [-0.3, -0.25) is 4.98 Å². The molecule has 3 heterocycles. The minimum Gasteiger partial charge on any atom is -0.378 e. The van der Waals surface area contributed by atoms with E-state index in [1.165, 1.54) is 35.2 Å². The summed E-state index contributed by atoms with van der Waals surface area (Å²) in [6.45, 7) is 0.779. The van der Waals surface area contributed by atoms with Crippen LogP contribution in [0.5, 0.6) is 0 Å². The number of hydrogen-bond acceptors (Lipinski definition) is 8. The minimum absolute atomic E-state index is 0.329. The molecular weight excluding hydrogens is 459 g/mol. The topological polar surface area (TPSA) is 90.3 Å². The molecule has 170 valence electrons. The lowest BCUT2D eigenvalue weighted by molar-refractivity contribution is -0.137. The second-order valence-corrected chi connectivity index (χ2v) is 9.55. The van der Waals surface area contributed by atoms with Gasteiger partial charge in [-0.2, -0.15) is 13.2 Å². The second kappa shape index (κ2) is 9.36. The van der Waals surface area contributed by atoms with E-state index in [9.17, 15) is 13.2 Å². The van der Waals surface area contributed by atoms with Crippen molar-refractivity contribution in [2.75, 3.05) is 20.3 Å². The first kappa shape index (κ1) is 23.0. The molecule has 0 spiro atoms. The Kier molecular flexibility index (Phi) is 6.72. The van der Waals surface area contributed by atoms with Gasteiger partial charge in [-0.25, -0.2) is 4.98 Å². The van der Waals surface area contributed by atoms with Crippen LogP contribution in [0.2, 0.25) is 0 Å². The van der Waals surface area contributed by atoms with Gasteiger partial charge in [-0.05, 0) is 30.2 Å². The van der Waals surface area contributed by atoms with Gasteiger partial charge in [0, 0.05) is 32.1 Å². The lowest BCUT2D eigenvalue weighted by Crippen LogP contribution is -2.44. The molecule has 0 radical (unpaired) electrons. The molecule has 0 fully saturated rings. The average molecular weight is 482 g/mol. The van der Waals surface area contributed by atoms with Crippen LogP contribution < -0.4 is 11.5 Å². The fourth-order valence-corrected chi connectivity index (χ4v) is 5.74. The second-order valence-electron chi connectivity index (χ2n) is 7.39. The number of nitrogens with zero attached hydrogens (tertiary/aromatic N) is 3. The molecule has 4 N–H and O–H groups in total. The largest absolute Gasteiger partial charge is 0.416 e. The number of aromatic nitrogens is 2. The summed E-state index contributed by atoms with van der Waals surface area (Å²) in [5.74, 6) is 0. The summed E-state index contributed by atoms with van der Waals surface area (Å²) in [6.07, 6.45) is -0.442. The van der Waals surface area contributed by atoms with E-state index in [0.717, 1.165) is 43.5 Å². The molecule has 2 aromatic heterocycles. The first-order valence-corrected chi connectivity index (χ1v) is 11.5. The van der Waals surface area contributed by atoms with Crippen molar-refractivity contribution < 1.29 is 17.9 Å². The highest BCUT2D eigenvalue weighted by Gasteiger charge is 2.33. The van der Waals surface area contributed by atoms with Gasteiger partial charge in [0.1, 0.15) is 10.5 Å². The average Bonchev–Trinajstić information content (AvgIpc) is 3.30. The number of methoxy groups -OCH3 is 1. The van der Waals surface area contributed by atoms with Crippen molar-refractivity contribution in [2.24, 2.45) is 11.5 Å². The molecule has 4 rings (SSSR count). The van der Waals surface area contributed by atoms with Crippen LogP contribution in [0.1, 0.15) is 16.1 Å². The van der Waals surface area contributed by atoms with Crippen LogP contribution in [-0.4, -0.2) is 46.7 Å². The number of halogens is 3. The van der Waals surface area contributed by atoms with Gasteiger partial charge < -0.3 is 21.1 Å². The van der Waals surface area contributed by atoms with E-state index in [4.69, 9.17) is 21.2 Å². The van der Waals surface area contributed by atoms with Crippen molar-refractivity contribution in [1.29, 1.82) is 0 Å². The van der Waals surface area contributed by atoms with Gasteiger partial charge in [-0.15, -0.1) is 11.3 Å². The van der Waals surface area contributed by atoms with Crippen LogP contribution in [-0.2, 0) is 17.3 Å². The van der Waals surface area contributed by atoms with Gasteiger partial charge in [0.25, 0.3) is 0 Å². The maximum atomic E-state index is 12.8. The highest BCUT2D eigenvalue weighted by atomic mass is 32.2. The summed E-state index contributed by atoms with van der Waals surface area (Å²) in [7, 11) is 1.61. The molecule has 0 saturated carbocycles. The maximum absolute atomic E-state index is 12.8. The third-order valence-electron chi connectivity index (χ3n) is 5.03. The van der Waals surface area contributed by atoms with Crippen molar-refractivity contribution in [1.82, 2.24) is 14.9 Å². The zero-order valence-electron chi connectivity index (χ0n) is 17.2. The molecule has 0 aliphatic carbocycles. The molecule has 0 amide bonds. The summed E-state index contributed by atoms with van der Waals surface area (Å²) in [4.78, 5) is 11.8. The quantitative estimate of drug-likeness (QED) is 0.529. The number of thiazole rings is 1. The third-order valence-corrected chi connectivity index (χ3v) is 7.34. The van der Waals surface area contributed by atoms with E-state index >= 15 is 0 Å². The van der Waals surface area contributed by atoms with Gasteiger partial charge in [-0.1, -0.05) is 23.9 Å². The molecule has 1 aliphatic heterocycles. The summed E-state index contributed by atoms with van der Waals surface area (Å²) in [5, 5.41) is 0.847. The number of hydrogen-bond donors (Lipinski definition) is 2. The van der Waals surface area contributed by atoms with E-state index < -0.39 is 11.7 Å². The Balaban J connectivity index is 1.52. The Morgan fingerprint density at radius 2 is 1.97 bits per heavy atom. The Bertz CT molecular complexity index is 1080. The molecule has 0 saturated heterocycles. The van der Waals surface area contributed by atoms with Crippen LogP contribution in [0.3, 0.4) is 0 Å². The fourth-order valence-electron chi connectivity index (χ4n) is 3.54. The Hall–Kier alpha value is -2.18. The molecule has 11 heteroatoms. The number of pyridine rings is 1. The summed E-state index contributed by atoms with van der Waals surface area (Å²) in [6, 6.07) is 6.63. The maximum Gasteiger partial charge on any atom is 0.416 e. The SMILES string of the molecule is COCC1=C(c2nc3ccncc3s2)SC(N)N1C[C@H](N)Cc1ccc(C(F)(F)F)cc1. The third kappa shape index (κ3) is 4.91. The standard InChI is InChI=1S/C21H22F3N5OS2/c1-30-11-16-18(19-28-15-6-7-27-9-17(15)31-19)32-20(26)29(16)10-14(25)8-12-2-4-13(5-3-12)21(22,23)24/h2-7,9,14,20H,8,10-11,25-26H2,1H3/t14-,20?/m1/s1. The van der Waals surface area contributed by atoms with Crippen LogP contribution in [0.15, 0.2) is 48.4 Å². The summed E-state index contributed by atoms with van der Waals surface area (Å²) < 4.78 is 44.8. The molecule has 1 unspecified atom stereocenters. The van der Waals surface area contributed by atoms with Crippen molar-refractivity contribution in [2.45, 2.75) is 24.1 Å². The van der Waals surface area contributed by atoms with Crippen LogP contribution >= 0.6 is 23.1 Å². The van der Waals surface area contributed by atoms with Crippen molar-refractivity contribution in [3.05, 3.63) is 64.6 Å². The molecule has 1 aromatic carbocycles. The zero-order valence-corrected chi connectivity index (χ0v) is 18.8. The first-order chi connectivity index (χ1) is 15.3. The minimum atomic E-state index is -4.35. The number of ether oxygens (including phenoxy) is 1. The normalized spacial score (nSPS) is 18.1. The fraction of sp³-hybridized carbons (Fsp3) is 0.333. The molecular formula is C21H22F3N5OS2. The van der Waals surface area contributed by atoms with Gasteiger partial charge in [0.15, 0.2) is 0 Å². The van der Waals surface area contributed by atoms with Crippen molar-refractivity contribution in [3.8, 4) is 0 Å². The highest BCUT2D eigenvalue weighted by molar-refractivity contribution is 8.09. The predicted molar refractivity (Wildman–Crippen MR) is 122 cm³/mol. The van der Waals surface area contributed by atoms with Gasteiger partial charge in [0.05, 0.1) is 33.0 Å². The van der Waals surface area contributed by atoms with Crippen molar-refractivity contribution >= 4 is 38.2 Å². The molecule has 32 heavy (non-hydrogen) atoms. The lowest BCUT2D eigenvalue weighted by Gasteiger charge is -2.29. The predicted octanol–water partition coefficient (Wildman–Crippen LogP) is 3.89. The summed E-state index contributed by atoms with van der Waals surface area (Å²) in [5.41, 5.74) is 14.2. The van der Waals surface area contributed by atoms with E-state index in [-0.39, 0.29) is 11.5 Å². The van der Waals surface area contributed by atoms with E-state index in [0.29, 0.717) is 19.6 Å². The monoisotopic (exact) mass is 481 g/mol. The number of nitrogens with two attached hydrogens (primary N) is 2. The molecule has 2 atom stereocenters. The van der Waals surface area contributed by atoms with Crippen LogP contribution in [0, 0.1) is 0 Å². The van der Waals surface area contributed by atoms with E-state index in [2.05, 4.69) is 4.98 Å². The van der Waals surface area contributed by atoms with Gasteiger partial charge in [0.2, 0.25) is 0 Å². The van der Waals surface area contributed by atoms with Crippen LogP contribution in [0.4, 0.5) is 13.2 Å². The molecule has 1 aliphatic rings. The lowest BCUT2D eigenvalue weighted by atomic mass is 10.0. The molecule has 0 bridgehead atoms. The molecule has 6 nitrogen and oxygen atoms in total. The van der Waals surface area contributed by atoms with E-state index in [1.54, 1.807) is 19.5 Å². The number of alkyl halides is 3. The number of rotatable bonds is 7. The summed E-state index contributed by atoms with van der Waals surface area (Å²) >= 11 is 3.03.